The van der Waals surface area contributed by atoms with Gasteiger partial charge in [-0.05, 0) is 55.2 Å². The zero-order valence-corrected chi connectivity index (χ0v) is 10.2. The van der Waals surface area contributed by atoms with E-state index < -0.39 is 0 Å². The summed E-state index contributed by atoms with van der Waals surface area (Å²) < 4.78 is 0. The average Bonchev–Trinajstić information content (AvgIpc) is 2.26. The molecule has 0 bridgehead atoms. The molecule has 0 heteroatoms. The van der Waals surface area contributed by atoms with E-state index in [4.69, 9.17) is 0 Å². The maximum Gasteiger partial charge on any atom is -0.0235 e. The molecule has 0 N–H and O–H groups in total. The largest absolute Gasteiger partial charge is 0.103 e. The minimum Gasteiger partial charge on any atom is -0.103 e. The Morgan fingerprint density at radius 1 is 1.00 bits per heavy atom. The first-order valence-corrected chi connectivity index (χ1v) is 6.62. The summed E-state index contributed by atoms with van der Waals surface area (Å²) in [5.41, 5.74) is 4.72. The van der Waals surface area contributed by atoms with Gasteiger partial charge in [-0.25, -0.2) is 0 Å². The quantitative estimate of drug-likeness (QED) is 0.464. The zero-order chi connectivity index (χ0) is 11.2. The first-order chi connectivity index (χ1) is 7.90. The van der Waals surface area contributed by atoms with Crippen LogP contribution in [0.15, 0.2) is 30.9 Å². The van der Waals surface area contributed by atoms with Gasteiger partial charge in [-0.3, -0.25) is 0 Å². The number of hydrogen-bond donors (Lipinski definition) is 0. The summed E-state index contributed by atoms with van der Waals surface area (Å²) in [7, 11) is 0. The van der Waals surface area contributed by atoms with Gasteiger partial charge in [0.2, 0.25) is 0 Å². The SMILES string of the molecule is C=CCCCCCCc1ccc2c(c1)CC2. The predicted octanol–water partition coefficient (Wildman–Crippen LogP) is 4.46. The second-order valence-electron chi connectivity index (χ2n) is 4.84. The first-order valence-electron chi connectivity index (χ1n) is 6.62. The predicted molar refractivity (Wildman–Crippen MR) is 70.8 cm³/mol. The van der Waals surface area contributed by atoms with Crippen molar-refractivity contribution >= 4 is 0 Å². The van der Waals surface area contributed by atoms with Crippen molar-refractivity contribution in [3.63, 3.8) is 0 Å². The number of allylic oxidation sites excluding steroid dienone is 1. The van der Waals surface area contributed by atoms with Gasteiger partial charge in [-0.1, -0.05) is 37.1 Å². The Labute approximate surface area is 99.4 Å². The highest BCUT2D eigenvalue weighted by atomic mass is 14.2. The molecule has 16 heavy (non-hydrogen) atoms. The number of rotatable bonds is 7. The lowest BCUT2D eigenvalue weighted by Gasteiger charge is -2.19. The van der Waals surface area contributed by atoms with Crippen LogP contribution in [0.2, 0.25) is 0 Å². The van der Waals surface area contributed by atoms with E-state index in [1.165, 1.54) is 51.4 Å². The van der Waals surface area contributed by atoms with Gasteiger partial charge < -0.3 is 0 Å². The molecule has 0 aromatic heterocycles. The summed E-state index contributed by atoms with van der Waals surface area (Å²) in [4.78, 5) is 0. The molecule has 0 heterocycles. The Morgan fingerprint density at radius 3 is 2.50 bits per heavy atom. The summed E-state index contributed by atoms with van der Waals surface area (Å²) in [6.45, 7) is 3.75. The van der Waals surface area contributed by atoms with Crippen LogP contribution in [0.4, 0.5) is 0 Å². The van der Waals surface area contributed by atoms with Gasteiger partial charge in [0, 0.05) is 0 Å². The standard InChI is InChI=1S/C16H22/c1-2-3-4-5-6-7-8-14-9-10-15-11-12-16(15)13-14/h2,9-10,13H,1,3-8,11-12H2. The van der Waals surface area contributed by atoms with Crippen LogP contribution in [-0.4, -0.2) is 0 Å². The fourth-order valence-corrected chi connectivity index (χ4v) is 2.38. The van der Waals surface area contributed by atoms with E-state index in [9.17, 15) is 0 Å². The zero-order valence-electron chi connectivity index (χ0n) is 10.2. The molecule has 0 spiro atoms. The van der Waals surface area contributed by atoms with Crippen molar-refractivity contribution < 1.29 is 0 Å². The third-order valence-electron chi connectivity index (χ3n) is 3.56. The van der Waals surface area contributed by atoms with Crippen LogP contribution in [0.1, 0.15) is 48.8 Å². The Balaban J connectivity index is 1.65. The van der Waals surface area contributed by atoms with Crippen molar-refractivity contribution in [1.29, 1.82) is 0 Å². The van der Waals surface area contributed by atoms with E-state index in [0.29, 0.717) is 0 Å². The van der Waals surface area contributed by atoms with E-state index in [0.717, 1.165) is 0 Å². The smallest absolute Gasteiger partial charge is 0.0235 e. The van der Waals surface area contributed by atoms with Crippen molar-refractivity contribution in [2.75, 3.05) is 0 Å². The molecule has 1 aromatic carbocycles. The van der Waals surface area contributed by atoms with E-state index in [1.807, 2.05) is 6.08 Å². The third-order valence-corrected chi connectivity index (χ3v) is 3.56. The lowest BCUT2D eigenvalue weighted by molar-refractivity contribution is 0.645. The van der Waals surface area contributed by atoms with Gasteiger partial charge in [0.15, 0.2) is 0 Å². The van der Waals surface area contributed by atoms with E-state index >= 15 is 0 Å². The topological polar surface area (TPSA) is 0 Å². The highest BCUT2D eigenvalue weighted by molar-refractivity contribution is 5.38. The van der Waals surface area contributed by atoms with Gasteiger partial charge in [-0.2, -0.15) is 0 Å². The fraction of sp³-hybridized carbons (Fsp3) is 0.500. The van der Waals surface area contributed by atoms with Crippen molar-refractivity contribution in [3.8, 4) is 0 Å². The lowest BCUT2D eigenvalue weighted by Crippen LogP contribution is -2.08. The second-order valence-corrected chi connectivity index (χ2v) is 4.84. The number of unbranched alkanes of at least 4 members (excludes halogenated alkanes) is 4. The monoisotopic (exact) mass is 214 g/mol. The molecule has 0 fully saturated rings. The number of aryl methyl sites for hydroxylation is 3. The molecule has 0 aliphatic heterocycles. The molecule has 0 radical (unpaired) electrons. The molecular weight excluding hydrogens is 192 g/mol. The Hall–Kier alpha value is -1.04. The molecule has 0 unspecified atom stereocenters. The van der Waals surface area contributed by atoms with Gasteiger partial charge in [0.25, 0.3) is 0 Å². The van der Waals surface area contributed by atoms with Gasteiger partial charge in [0.1, 0.15) is 0 Å². The summed E-state index contributed by atoms with van der Waals surface area (Å²) in [6, 6.07) is 7.07. The van der Waals surface area contributed by atoms with Crippen LogP contribution >= 0.6 is 0 Å². The van der Waals surface area contributed by atoms with Gasteiger partial charge in [-0.15, -0.1) is 6.58 Å². The maximum atomic E-state index is 3.75. The highest BCUT2D eigenvalue weighted by Gasteiger charge is 2.12. The molecule has 0 amide bonds. The number of benzene rings is 1. The highest BCUT2D eigenvalue weighted by Crippen LogP contribution is 2.24. The normalized spacial score (nSPS) is 13.0. The molecule has 0 saturated carbocycles. The van der Waals surface area contributed by atoms with Crippen LogP contribution in [0.5, 0.6) is 0 Å². The lowest BCUT2D eigenvalue weighted by atomic mass is 9.86. The van der Waals surface area contributed by atoms with Crippen LogP contribution in [-0.2, 0) is 19.3 Å². The third kappa shape index (κ3) is 2.98. The molecule has 1 aliphatic carbocycles. The van der Waals surface area contributed by atoms with Gasteiger partial charge >= 0.3 is 0 Å². The summed E-state index contributed by atoms with van der Waals surface area (Å²) in [5, 5.41) is 0. The van der Waals surface area contributed by atoms with Gasteiger partial charge in [0.05, 0.1) is 0 Å². The second kappa shape index (κ2) is 5.89. The minimum absolute atomic E-state index is 1.18. The Morgan fingerprint density at radius 2 is 1.81 bits per heavy atom. The summed E-state index contributed by atoms with van der Waals surface area (Å²) in [5.74, 6) is 0. The van der Waals surface area contributed by atoms with Crippen LogP contribution < -0.4 is 0 Å². The molecule has 1 aromatic rings. The Bertz CT molecular complexity index is 349. The van der Waals surface area contributed by atoms with Crippen molar-refractivity contribution in [2.24, 2.45) is 0 Å². The number of fused-ring (bicyclic) bond motifs is 1. The fourth-order valence-electron chi connectivity index (χ4n) is 2.38. The molecule has 0 nitrogen and oxygen atoms in total. The molecule has 0 atom stereocenters. The average molecular weight is 214 g/mol. The molecule has 1 aliphatic rings. The van der Waals surface area contributed by atoms with Crippen LogP contribution in [0.25, 0.3) is 0 Å². The molecule has 2 rings (SSSR count). The molecule has 0 saturated heterocycles. The van der Waals surface area contributed by atoms with Crippen molar-refractivity contribution in [2.45, 2.75) is 51.4 Å². The summed E-state index contributed by atoms with van der Waals surface area (Å²) >= 11 is 0. The van der Waals surface area contributed by atoms with E-state index in [1.54, 1.807) is 16.7 Å². The summed E-state index contributed by atoms with van der Waals surface area (Å²) in [6.07, 6.45) is 12.5. The van der Waals surface area contributed by atoms with Crippen LogP contribution in [0, 0.1) is 0 Å². The van der Waals surface area contributed by atoms with E-state index in [-0.39, 0.29) is 0 Å². The van der Waals surface area contributed by atoms with Crippen molar-refractivity contribution in [1.82, 2.24) is 0 Å². The van der Waals surface area contributed by atoms with E-state index in [2.05, 4.69) is 24.8 Å². The molecular formula is C16H22. The number of hydrogen-bond acceptors (Lipinski definition) is 0. The minimum atomic E-state index is 1.18. The molecule has 86 valence electrons. The van der Waals surface area contributed by atoms with Crippen molar-refractivity contribution in [3.05, 3.63) is 47.5 Å². The maximum absolute atomic E-state index is 3.75. The van der Waals surface area contributed by atoms with Crippen LogP contribution in [0.3, 0.4) is 0 Å². The Kier molecular flexibility index (Phi) is 4.21. The first kappa shape index (κ1) is 11.4.